The van der Waals surface area contributed by atoms with Gasteiger partial charge in [-0.15, -0.1) is 0 Å². The first-order valence-electron chi connectivity index (χ1n) is 11.3. The van der Waals surface area contributed by atoms with Crippen LogP contribution in [0.25, 0.3) is 11.1 Å². The lowest BCUT2D eigenvalue weighted by Gasteiger charge is -2.17. The molecule has 0 aliphatic carbocycles. The minimum absolute atomic E-state index is 0.322. The first-order chi connectivity index (χ1) is 15.9. The maximum absolute atomic E-state index is 11.3. The van der Waals surface area contributed by atoms with Crippen molar-refractivity contribution in [1.29, 1.82) is 0 Å². The molecule has 3 rings (SSSR count). The van der Waals surface area contributed by atoms with Gasteiger partial charge in [0.2, 0.25) is 0 Å². The quantitative estimate of drug-likeness (QED) is 0.223. The fourth-order valence-electron chi connectivity index (χ4n) is 3.71. The lowest BCUT2D eigenvalue weighted by molar-refractivity contribution is -0.131. The Balaban J connectivity index is 2.03. The van der Waals surface area contributed by atoms with Crippen molar-refractivity contribution in [3.63, 3.8) is 0 Å². The zero-order valence-electron chi connectivity index (χ0n) is 20.2. The third-order valence-corrected chi connectivity index (χ3v) is 5.41. The zero-order valence-corrected chi connectivity index (χ0v) is 20.2. The Bertz CT molecular complexity index is 1080. The summed E-state index contributed by atoms with van der Waals surface area (Å²) in [5.74, 6) is 1.08. The second-order valence-corrected chi connectivity index (χ2v) is 8.37. The molecule has 0 aliphatic heterocycles. The van der Waals surface area contributed by atoms with Gasteiger partial charge >= 0.3 is 5.97 Å². The highest BCUT2D eigenvalue weighted by atomic mass is 16.5. The van der Waals surface area contributed by atoms with Gasteiger partial charge in [-0.2, -0.15) is 0 Å². The Hall–Kier alpha value is -3.37. The van der Waals surface area contributed by atoms with E-state index in [2.05, 4.69) is 55.1 Å². The van der Waals surface area contributed by atoms with E-state index in [1.807, 2.05) is 50.5 Å². The van der Waals surface area contributed by atoms with Crippen LogP contribution >= 0.6 is 0 Å². The van der Waals surface area contributed by atoms with E-state index in [1.54, 1.807) is 0 Å². The predicted octanol–water partition coefficient (Wildman–Crippen LogP) is 6.23. The minimum atomic E-state index is -0.322. The standard InChI is InChI=1S/C29H33NO3/c1-6-28(23-9-7-21(2)8-10-23)29(25-13-17-27(18-14-25)33-22(3)31)24-11-15-26(16-12-24)32-20-19-30(4)5/h7-18H,6,19-20H2,1-5H3/b29-28-. The fourth-order valence-corrected chi connectivity index (χ4v) is 3.71. The number of allylic oxidation sites excluding steroid dienone is 1. The van der Waals surface area contributed by atoms with Crippen LogP contribution in [0.5, 0.6) is 11.5 Å². The molecular formula is C29H33NO3. The van der Waals surface area contributed by atoms with Crippen LogP contribution in [0, 0.1) is 6.92 Å². The van der Waals surface area contributed by atoms with Crippen molar-refractivity contribution in [3.8, 4) is 11.5 Å². The summed E-state index contributed by atoms with van der Waals surface area (Å²) in [7, 11) is 4.07. The van der Waals surface area contributed by atoms with Crippen LogP contribution in [0.2, 0.25) is 0 Å². The number of ether oxygens (including phenoxy) is 2. The van der Waals surface area contributed by atoms with Crippen molar-refractivity contribution in [2.24, 2.45) is 0 Å². The van der Waals surface area contributed by atoms with Crippen molar-refractivity contribution in [1.82, 2.24) is 4.90 Å². The molecular weight excluding hydrogens is 410 g/mol. The molecule has 4 nitrogen and oxygen atoms in total. The third kappa shape index (κ3) is 6.80. The van der Waals surface area contributed by atoms with Crippen LogP contribution in [0.4, 0.5) is 0 Å². The average Bonchev–Trinajstić information content (AvgIpc) is 2.79. The van der Waals surface area contributed by atoms with E-state index in [1.165, 1.54) is 23.6 Å². The van der Waals surface area contributed by atoms with Crippen LogP contribution in [0.15, 0.2) is 72.8 Å². The molecule has 0 N–H and O–H groups in total. The predicted molar refractivity (Wildman–Crippen MR) is 136 cm³/mol. The van der Waals surface area contributed by atoms with Gasteiger partial charge < -0.3 is 14.4 Å². The van der Waals surface area contributed by atoms with Crippen LogP contribution < -0.4 is 9.47 Å². The summed E-state index contributed by atoms with van der Waals surface area (Å²) >= 11 is 0. The Labute approximate surface area is 197 Å². The molecule has 0 spiro atoms. The van der Waals surface area contributed by atoms with E-state index in [0.717, 1.165) is 35.4 Å². The van der Waals surface area contributed by atoms with Gasteiger partial charge in [0.25, 0.3) is 0 Å². The number of rotatable bonds is 9. The first-order valence-corrected chi connectivity index (χ1v) is 11.3. The van der Waals surface area contributed by atoms with E-state index >= 15 is 0 Å². The number of esters is 1. The second kappa shape index (κ2) is 11.5. The Morgan fingerprint density at radius 1 is 0.788 bits per heavy atom. The minimum Gasteiger partial charge on any atom is -0.492 e. The number of hydrogen-bond donors (Lipinski definition) is 0. The number of carbonyl (C=O) groups is 1. The molecule has 33 heavy (non-hydrogen) atoms. The monoisotopic (exact) mass is 443 g/mol. The van der Waals surface area contributed by atoms with Gasteiger partial charge in [-0.1, -0.05) is 61.0 Å². The number of carbonyl (C=O) groups excluding carboxylic acids is 1. The maximum Gasteiger partial charge on any atom is 0.308 e. The van der Waals surface area contributed by atoms with Crippen molar-refractivity contribution in [2.75, 3.05) is 27.2 Å². The van der Waals surface area contributed by atoms with Gasteiger partial charge in [-0.3, -0.25) is 4.79 Å². The Morgan fingerprint density at radius 3 is 1.79 bits per heavy atom. The van der Waals surface area contributed by atoms with Crippen LogP contribution in [0.1, 0.15) is 42.5 Å². The van der Waals surface area contributed by atoms with Crippen molar-refractivity contribution < 1.29 is 14.3 Å². The molecule has 4 heteroatoms. The summed E-state index contributed by atoms with van der Waals surface area (Å²) in [4.78, 5) is 13.4. The van der Waals surface area contributed by atoms with E-state index in [9.17, 15) is 4.79 Å². The van der Waals surface area contributed by atoms with Crippen LogP contribution in [-0.2, 0) is 4.79 Å². The summed E-state index contributed by atoms with van der Waals surface area (Å²) in [5.41, 5.74) is 7.05. The largest absolute Gasteiger partial charge is 0.492 e. The molecule has 0 fully saturated rings. The number of nitrogens with zero attached hydrogens (tertiary/aromatic N) is 1. The molecule has 0 saturated heterocycles. The molecule has 0 atom stereocenters. The normalized spacial score (nSPS) is 11.8. The molecule has 0 unspecified atom stereocenters. The smallest absolute Gasteiger partial charge is 0.308 e. The summed E-state index contributed by atoms with van der Waals surface area (Å²) in [6, 6.07) is 24.7. The Kier molecular flexibility index (Phi) is 8.45. The molecule has 0 heterocycles. The van der Waals surface area contributed by atoms with E-state index < -0.39 is 0 Å². The van der Waals surface area contributed by atoms with Crippen molar-refractivity contribution >= 4 is 17.1 Å². The molecule has 0 aromatic heterocycles. The Morgan fingerprint density at radius 2 is 1.30 bits per heavy atom. The summed E-state index contributed by atoms with van der Waals surface area (Å²) < 4.78 is 11.1. The van der Waals surface area contributed by atoms with Gasteiger partial charge in [0.1, 0.15) is 18.1 Å². The average molecular weight is 444 g/mol. The van der Waals surface area contributed by atoms with Crippen molar-refractivity contribution in [2.45, 2.75) is 27.2 Å². The number of likely N-dealkylation sites (N-methyl/N-ethyl adjacent to an activating group) is 1. The molecule has 3 aromatic carbocycles. The van der Waals surface area contributed by atoms with Gasteiger partial charge in [-0.25, -0.2) is 0 Å². The van der Waals surface area contributed by atoms with Gasteiger partial charge in [-0.05, 0) is 79.5 Å². The SMILES string of the molecule is CC/C(=C(\c1ccc(OCCN(C)C)cc1)c1ccc(OC(C)=O)cc1)c1ccc(C)cc1. The van der Waals surface area contributed by atoms with Gasteiger partial charge in [0, 0.05) is 13.5 Å². The van der Waals surface area contributed by atoms with E-state index in [0.29, 0.717) is 12.4 Å². The second-order valence-electron chi connectivity index (χ2n) is 8.37. The van der Waals surface area contributed by atoms with Crippen LogP contribution in [0.3, 0.4) is 0 Å². The zero-order chi connectivity index (χ0) is 23.8. The molecule has 0 amide bonds. The molecule has 0 saturated carbocycles. The number of hydrogen-bond acceptors (Lipinski definition) is 4. The maximum atomic E-state index is 11.3. The number of benzene rings is 3. The highest BCUT2D eigenvalue weighted by Gasteiger charge is 2.14. The van der Waals surface area contributed by atoms with E-state index in [4.69, 9.17) is 9.47 Å². The van der Waals surface area contributed by atoms with Gasteiger partial charge in [0.05, 0.1) is 0 Å². The van der Waals surface area contributed by atoms with Crippen LogP contribution in [-0.4, -0.2) is 38.1 Å². The molecule has 0 bridgehead atoms. The van der Waals surface area contributed by atoms with E-state index in [-0.39, 0.29) is 5.97 Å². The molecule has 3 aromatic rings. The third-order valence-electron chi connectivity index (χ3n) is 5.41. The lowest BCUT2D eigenvalue weighted by Crippen LogP contribution is -2.19. The highest BCUT2D eigenvalue weighted by Crippen LogP contribution is 2.35. The van der Waals surface area contributed by atoms with Crippen molar-refractivity contribution in [3.05, 3.63) is 95.1 Å². The fraction of sp³-hybridized carbons (Fsp3) is 0.276. The first kappa shape index (κ1) is 24.3. The number of aryl methyl sites for hydroxylation is 1. The lowest BCUT2D eigenvalue weighted by atomic mass is 9.88. The molecule has 0 aliphatic rings. The summed E-state index contributed by atoms with van der Waals surface area (Å²) in [6.45, 7) is 7.21. The van der Waals surface area contributed by atoms with Gasteiger partial charge in [0.15, 0.2) is 0 Å². The molecule has 0 radical (unpaired) electrons. The summed E-state index contributed by atoms with van der Waals surface area (Å²) in [6.07, 6.45) is 0.880. The molecule has 172 valence electrons. The topological polar surface area (TPSA) is 38.8 Å². The highest BCUT2D eigenvalue weighted by molar-refractivity contribution is 5.98. The summed E-state index contributed by atoms with van der Waals surface area (Å²) in [5, 5.41) is 0.